The van der Waals surface area contributed by atoms with E-state index in [1.165, 1.54) is 25.3 Å². The number of benzene rings is 2. The molecule has 0 aliphatic rings. The van der Waals surface area contributed by atoms with E-state index in [0.29, 0.717) is 16.3 Å². The third kappa shape index (κ3) is 7.04. The summed E-state index contributed by atoms with van der Waals surface area (Å²) in [5, 5.41) is 8.66. The first-order valence-corrected chi connectivity index (χ1v) is 10.4. The zero-order valence-corrected chi connectivity index (χ0v) is 19.7. The van der Waals surface area contributed by atoms with E-state index in [-0.39, 0.29) is 15.7 Å². The SMILES string of the molecule is COC(=O)c1ccc(NC(=S)N[C@H](NC(=O)c2ccc(Cl)cc2Cl)C(Cl)(Cl)Cl)cc1. The van der Waals surface area contributed by atoms with Gasteiger partial charge in [-0.2, -0.15) is 0 Å². The molecule has 0 aliphatic heterocycles. The maximum absolute atomic E-state index is 12.5. The molecule has 1 amide bonds. The number of methoxy groups -OCH3 is 1. The summed E-state index contributed by atoms with van der Waals surface area (Å²) in [6.45, 7) is 0. The number of ether oxygens (including phenoxy) is 1. The maximum Gasteiger partial charge on any atom is 0.337 e. The van der Waals surface area contributed by atoms with E-state index in [9.17, 15) is 9.59 Å². The Hall–Kier alpha value is -1.48. The molecule has 0 radical (unpaired) electrons. The molecule has 0 spiro atoms. The number of rotatable bonds is 5. The molecule has 0 saturated carbocycles. The van der Waals surface area contributed by atoms with Crippen LogP contribution in [0.4, 0.5) is 5.69 Å². The molecule has 12 heteroatoms. The van der Waals surface area contributed by atoms with Crippen molar-refractivity contribution in [3.8, 4) is 0 Å². The summed E-state index contributed by atoms with van der Waals surface area (Å²) in [7, 11) is 1.29. The van der Waals surface area contributed by atoms with Crippen molar-refractivity contribution in [2.75, 3.05) is 12.4 Å². The first-order valence-electron chi connectivity index (χ1n) is 8.10. The van der Waals surface area contributed by atoms with Gasteiger partial charge in [0.2, 0.25) is 3.79 Å². The Morgan fingerprint density at radius 2 is 1.67 bits per heavy atom. The number of carbonyl (C=O) groups is 2. The average Bonchev–Trinajstić information content (AvgIpc) is 2.66. The van der Waals surface area contributed by atoms with Crippen molar-refractivity contribution in [3.05, 3.63) is 63.6 Å². The Labute approximate surface area is 203 Å². The Balaban J connectivity index is 2.08. The van der Waals surface area contributed by atoms with Gasteiger partial charge in [-0.3, -0.25) is 4.79 Å². The molecule has 0 bridgehead atoms. The number of hydrogen-bond acceptors (Lipinski definition) is 4. The van der Waals surface area contributed by atoms with E-state index in [1.807, 2.05) is 0 Å². The van der Waals surface area contributed by atoms with Gasteiger partial charge in [0.1, 0.15) is 6.17 Å². The second-order valence-corrected chi connectivity index (χ2v) is 9.36. The number of halogens is 5. The van der Waals surface area contributed by atoms with E-state index >= 15 is 0 Å². The highest BCUT2D eigenvalue weighted by Gasteiger charge is 2.35. The highest BCUT2D eigenvalue weighted by molar-refractivity contribution is 7.80. The molecule has 6 nitrogen and oxygen atoms in total. The van der Waals surface area contributed by atoms with Gasteiger partial charge in [0.05, 0.1) is 23.3 Å². The molecule has 0 aliphatic carbocycles. The van der Waals surface area contributed by atoms with Gasteiger partial charge in [0, 0.05) is 10.7 Å². The molecule has 30 heavy (non-hydrogen) atoms. The summed E-state index contributed by atoms with van der Waals surface area (Å²) in [6.07, 6.45) is -1.20. The third-order valence-corrected chi connectivity index (χ3v) is 5.04. The Morgan fingerprint density at radius 1 is 1.03 bits per heavy atom. The van der Waals surface area contributed by atoms with Gasteiger partial charge in [-0.25, -0.2) is 4.79 Å². The van der Waals surface area contributed by atoms with E-state index in [0.717, 1.165) is 0 Å². The van der Waals surface area contributed by atoms with Gasteiger partial charge in [-0.1, -0.05) is 58.0 Å². The van der Waals surface area contributed by atoms with Gasteiger partial charge >= 0.3 is 5.97 Å². The van der Waals surface area contributed by atoms with Crippen molar-refractivity contribution in [3.63, 3.8) is 0 Å². The van der Waals surface area contributed by atoms with Crippen LogP contribution in [0, 0.1) is 0 Å². The molecule has 2 aromatic carbocycles. The molecule has 3 N–H and O–H groups in total. The predicted octanol–water partition coefficient (Wildman–Crippen LogP) is 5.19. The van der Waals surface area contributed by atoms with Crippen molar-refractivity contribution in [2.24, 2.45) is 0 Å². The largest absolute Gasteiger partial charge is 0.465 e. The van der Waals surface area contributed by atoms with Gasteiger partial charge in [0.15, 0.2) is 5.11 Å². The van der Waals surface area contributed by atoms with Crippen LogP contribution in [0.1, 0.15) is 20.7 Å². The Bertz CT molecular complexity index is 951. The lowest BCUT2D eigenvalue weighted by Crippen LogP contribution is -2.56. The van der Waals surface area contributed by atoms with Crippen LogP contribution in [0.2, 0.25) is 10.0 Å². The molecule has 0 heterocycles. The van der Waals surface area contributed by atoms with E-state index in [1.54, 1.807) is 24.3 Å². The van der Waals surface area contributed by atoms with Crippen LogP contribution in [0.25, 0.3) is 0 Å². The Kier molecular flexibility index (Phi) is 8.85. The Morgan fingerprint density at radius 3 is 2.20 bits per heavy atom. The van der Waals surface area contributed by atoms with Gasteiger partial charge in [0.25, 0.3) is 5.91 Å². The van der Waals surface area contributed by atoms with Crippen molar-refractivity contribution >= 4 is 92.9 Å². The van der Waals surface area contributed by atoms with Crippen molar-refractivity contribution in [1.82, 2.24) is 10.6 Å². The lowest BCUT2D eigenvalue weighted by atomic mass is 10.2. The van der Waals surface area contributed by atoms with Crippen molar-refractivity contribution < 1.29 is 14.3 Å². The molecular formula is C18H14Cl5N3O3S. The minimum atomic E-state index is -1.95. The van der Waals surface area contributed by atoms with E-state index < -0.39 is 21.8 Å². The molecule has 0 aromatic heterocycles. The van der Waals surface area contributed by atoms with E-state index in [4.69, 9.17) is 70.2 Å². The number of hydrogen-bond donors (Lipinski definition) is 3. The molecule has 0 unspecified atom stereocenters. The fourth-order valence-electron chi connectivity index (χ4n) is 2.19. The van der Waals surface area contributed by atoms with Crippen LogP contribution in [-0.4, -0.2) is 34.1 Å². The second kappa shape index (κ2) is 10.7. The van der Waals surface area contributed by atoms with Crippen LogP contribution in [0.3, 0.4) is 0 Å². The normalized spacial score (nSPS) is 11.9. The molecule has 2 aromatic rings. The number of nitrogens with one attached hydrogen (secondary N) is 3. The summed E-state index contributed by atoms with van der Waals surface area (Å²) in [6, 6.07) is 10.7. The number of amides is 1. The summed E-state index contributed by atoms with van der Waals surface area (Å²) < 4.78 is 2.69. The quantitative estimate of drug-likeness (QED) is 0.214. The van der Waals surface area contributed by atoms with Crippen LogP contribution in [0.15, 0.2) is 42.5 Å². The molecule has 160 valence electrons. The summed E-state index contributed by atoms with van der Waals surface area (Å²) in [5.74, 6) is -1.08. The van der Waals surface area contributed by atoms with E-state index in [2.05, 4.69) is 20.7 Å². The fourth-order valence-corrected chi connectivity index (χ4v) is 3.25. The second-order valence-electron chi connectivity index (χ2n) is 5.74. The van der Waals surface area contributed by atoms with Gasteiger partial charge in [-0.15, -0.1) is 0 Å². The molecular weight excluding hydrogens is 516 g/mol. The number of thiocarbonyl (C=S) groups is 1. The number of esters is 1. The van der Waals surface area contributed by atoms with Crippen LogP contribution in [-0.2, 0) is 4.74 Å². The minimum absolute atomic E-state index is 0.0552. The average molecular weight is 530 g/mol. The highest BCUT2D eigenvalue weighted by Crippen LogP contribution is 2.30. The monoisotopic (exact) mass is 527 g/mol. The lowest BCUT2D eigenvalue weighted by molar-refractivity contribution is 0.0600. The van der Waals surface area contributed by atoms with Crippen molar-refractivity contribution in [2.45, 2.75) is 9.96 Å². The first kappa shape index (κ1) is 24.8. The molecule has 1 atom stereocenters. The van der Waals surface area contributed by atoms with Gasteiger partial charge in [-0.05, 0) is 54.7 Å². The number of alkyl halides is 3. The number of carbonyl (C=O) groups excluding carboxylic acids is 2. The standard InChI is InChI=1S/C18H14Cl5N3O3S/c1-29-15(28)9-2-5-11(6-3-9)24-17(30)26-16(18(21,22)23)25-14(27)12-7-4-10(19)8-13(12)20/h2-8,16H,1H3,(H,25,27)(H2,24,26,30)/t16-/m0/s1. The smallest absolute Gasteiger partial charge is 0.337 e. The fraction of sp³-hybridized carbons (Fsp3) is 0.167. The molecule has 0 saturated heterocycles. The summed E-state index contributed by atoms with van der Waals surface area (Å²) in [4.78, 5) is 24.0. The third-order valence-electron chi connectivity index (χ3n) is 3.62. The van der Waals surface area contributed by atoms with Crippen LogP contribution < -0.4 is 16.0 Å². The predicted molar refractivity (Wildman–Crippen MR) is 125 cm³/mol. The molecule has 2 rings (SSSR count). The highest BCUT2D eigenvalue weighted by atomic mass is 35.6. The topological polar surface area (TPSA) is 79.5 Å². The maximum atomic E-state index is 12.5. The molecule has 0 fully saturated rings. The van der Waals surface area contributed by atoms with Crippen LogP contribution in [0.5, 0.6) is 0 Å². The van der Waals surface area contributed by atoms with Crippen molar-refractivity contribution in [1.29, 1.82) is 0 Å². The first-order chi connectivity index (χ1) is 14.0. The number of anilines is 1. The summed E-state index contributed by atoms with van der Waals surface area (Å²) in [5.41, 5.74) is 1.06. The summed E-state index contributed by atoms with van der Waals surface area (Å²) >= 11 is 35.0. The van der Waals surface area contributed by atoms with Crippen LogP contribution >= 0.6 is 70.2 Å². The van der Waals surface area contributed by atoms with Gasteiger partial charge < -0.3 is 20.7 Å². The zero-order valence-electron chi connectivity index (χ0n) is 15.1. The lowest BCUT2D eigenvalue weighted by Gasteiger charge is -2.28. The zero-order chi connectivity index (χ0) is 22.5. The minimum Gasteiger partial charge on any atom is -0.465 e.